The molecule has 1 amide bonds. The van der Waals surface area contributed by atoms with E-state index in [9.17, 15) is 22.8 Å². The van der Waals surface area contributed by atoms with Gasteiger partial charge in [0.1, 0.15) is 23.6 Å². The van der Waals surface area contributed by atoms with E-state index in [0.717, 1.165) is 17.1 Å². The summed E-state index contributed by atoms with van der Waals surface area (Å²) in [5.41, 5.74) is -1.90. The van der Waals surface area contributed by atoms with Crippen molar-refractivity contribution in [1.82, 2.24) is 14.6 Å². The highest BCUT2D eigenvalue weighted by Crippen LogP contribution is 2.31. The van der Waals surface area contributed by atoms with Crippen LogP contribution in [0.2, 0.25) is 0 Å². The zero-order chi connectivity index (χ0) is 18.2. The number of aryl methyl sites for hydroxylation is 1. The minimum atomic E-state index is -4.75. The van der Waals surface area contributed by atoms with Gasteiger partial charge in [0.25, 0.3) is 5.56 Å². The lowest BCUT2D eigenvalue weighted by molar-refractivity contribution is -0.139. The van der Waals surface area contributed by atoms with Crippen LogP contribution in [0, 0.1) is 6.92 Å². The Hall–Kier alpha value is -2.58. The van der Waals surface area contributed by atoms with E-state index in [0.29, 0.717) is 30.5 Å². The Morgan fingerprint density at radius 2 is 2.20 bits per heavy atom. The second-order valence-corrected chi connectivity index (χ2v) is 5.96. The SMILES string of the molecule is Cc1cc(C2CCCN2C(=O)Cn2cccc(C(F)(F)F)c2=O)no1. The molecule has 134 valence electrons. The van der Waals surface area contributed by atoms with Gasteiger partial charge in [-0.1, -0.05) is 5.16 Å². The van der Waals surface area contributed by atoms with Crippen LogP contribution in [-0.2, 0) is 17.5 Å². The van der Waals surface area contributed by atoms with E-state index in [1.165, 1.54) is 11.1 Å². The molecule has 1 atom stereocenters. The molecule has 0 spiro atoms. The lowest BCUT2D eigenvalue weighted by Gasteiger charge is -2.23. The standard InChI is InChI=1S/C16H16F3N3O3/c1-10-8-12(20-25-10)13-5-3-7-22(13)14(23)9-21-6-2-4-11(15(21)24)16(17,18)19/h2,4,6,8,13H,3,5,7,9H2,1H3. The second kappa shape index (κ2) is 6.38. The van der Waals surface area contributed by atoms with E-state index in [1.807, 2.05) is 0 Å². The molecule has 2 aromatic rings. The number of pyridine rings is 1. The minimum Gasteiger partial charge on any atom is -0.361 e. The van der Waals surface area contributed by atoms with Crippen LogP contribution in [0.5, 0.6) is 0 Å². The molecule has 25 heavy (non-hydrogen) atoms. The van der Waals surface area contributed by atoms with Gasteiger partial charge in [-0.25, -0.2) is 0 Å². The van der Waals surface area contributed by atoms with Crippen LogP contribution in [0.3, 0.4) is 0 Å². The van der Waals surface area contributed by atoms with Crippen molar-refractivity contribution >= 4 is 5.91 Å². The average Bonchev–Trinajstić information content (AvgIpc) is 3.16. The van der Waals surface area contributed by atoms with Crippen molar-refractivity contribution in [2.75, 3.05) is 6.54 Å². The number of likely N-dealkylation sites (tertiary alicyclic amines) is 1. The molecule has 1 aliphatic rings. The molecule has 1 saturated heterocycles. The maximum atomic E-state index is 12.8. The molecule has 0 aromatic carbocycles. The Kier molecular flexibility index (Phi) is 4.40. The van der Waals surface area contributed by atoms with Gasteiger partial charge in [0, 0.05) is 18.8 Å². The lowest BCUT2D eigenvalue weighted by atomic mass is 10.1. The number of hydrogen-bond acceptors (Lipinski definition) is 4. The molecule has 0 N–H and O–H groups in total. The van der Waals surface area contributed by atoms with Gasteiger partial charge in [0.2, 0.25) is 5.91 Å². The van der Waals surface area contributed by atoms with Crippen LogP contribution in [0.25, 0.3) is 0 Å². The van der Waals surface area contributed by atoms with Crippen LogP contribution in [0.1, 0.15) is 35.9 Å². The Bertz CT molecular complexity index is 841. The highest BCUT2D eigenvalue weighted by Gasteiger charge is 2.35. The third kappa shape index (κ3) is 3.45. The van der Waals surface area contributed by atoms with E-state index in [2.05, 4.69) is 5.16 Å². The zero-order valence-electron chi connectivity index (χ0n) is 13.4. The van der Waals surface area contributed by atoms with Gasteiger partial charge in [-0.05, 0) is 31.9 Å². The first-order valence-corrected chi connectivity index (χ1v) is 7.76. The Labute approximate surface area is 140 Å². The molecule has 1 aliphatic heterocycles. The molecular formula is C16H16F3N3O3. The fraction of sp³-hybridized carbons (Fsp3) is 0.438. The van der Waals surface area contributed by atoms with Crippen molar-refractivity contribution in [2.24, 2.45) is 0 Å². The van der Waals surface area contributed by atoms with E-state index >= 15 is 0 Å². The van der Waals surface area contributed by atoms with Gasteiger partial charge in [0.15, 0.2) is 0 Å². The molecule has 1 fully saturated rings. The number of halogens is 3. The quantitative estimate of drug-likeness (QED) is 0.848. The van der Waals surface area contributed by atoms with Gasteiger partial charge in [-0.15, -0.1) is 0 Å². The smallest absolute Gasteiger partial charge is 0.361 e. The summed E-state index contributed by atoms with van der Waals surface area (Å²) >= 11 is 0. The summed E-state index contributed by atoms with van der Waals surface area (Å²) in [6.07, 6.45) is -2.13. The van der Waals surface area contributed by atoms with Crippen LogP contribution in [0.4, 0.5) is 13.2 Å². The van der Waals surface area contributed by atoms with Crippen molar-refractivity contribution in [3.63, 3.8) is 0 Å². The maximum absolute atomic E-state index is 12.8. The second-order valence-electron chi connectivity index (χ2n) is 5.96. The first-order valence-electron chi connectivity index (χ1n) is 7.76. The molecule has 6 nitrogen and oxygen atoms in total. The normalized spacial score (nSPS) is 17.9. The Morgan fingerprint density at radius 3 is 2.84 bits per heavy atom. The monoisotopic (exact) mass is 355 g/mol. The summed E-state index contributed by atoms with van der Waals surface area (Å²) in [6.45, 7) is 1.75. The molecule has 0 saturated carbocycles. The zero-order valence-corrected chi connectivity index (χ0v) is 13.4. The molecule has 2 aromatic heterocycles. The van der Waals surface area contributed by atoms with Gasteiger partial charge >= 0.3 is 6.18 Å². The highest BCUT2D eigenvalue weighted by molar-refractivity contribution is 5.76. The van der Waals surface area contributed by atoms with Crippen LogP contribution >= 0.6 is 0 Å². The molecule has 0 radical (unpaired) electrons. The number of hydrogen-bond donors (Lipinski definition) is 0. The Balaban J connectivity index is 1.82. The molecule has 0 bridgehead atoms. The minimum absolute atomic E-state index is 0.286. The van der Waals surface area contributed by atoms with Gasteiger partial charge in [0.05, 0.1) is 6.04 Å². The lowest BCUT2D eigenvalue weighted by Crippen LogP contribution is -2.37. The van der Waals surface area contributed by atoms with Gasteiger partial charge in [-0.3, -0.25) is 9.59 Å². The predicted molar refractivity (Wildman–Crippen MR) is 80.6 cm³/mol. The number of amides is 1. The Morgan fingerprint density at radius 1 is 1.44 bits per heavy atom. The summed E-state index contributed by atoms with van der Waals surface area (Å²) in [7, 11) is 0. The molecule has 0 aliphatic carbocycles. The third-order valence-corrected chi connectivity index (χ3v) is 4.19. The topological polar surface area (TPSA) is 68.3 Å². The summed E-state index contributed by atoms with van der Waals surface area (Å²) in [5, 5.41) is 3.92. The average molecular weight is 355 g/mol. The molecule has 9 heteroatoms. The van der Waals surface area contributed by atoms with Gasteiger partial charge < -0.3 is 14.0 Å². The molecule has 1 unspecified atom stereocenters. The van der Waals surface area contributed by atoms with Crippen molar-refractivity contribution < 1.29 is 22.5 Å². The van der Waals surface area contributed by atoms with Crippen LogP contribution in [0.15, 0.2) is 33.7 Å². The number of alkyl halides is 3. The summed E-state index contributed by atoms with van der Waals surface area (Å²) in [5.74, 6) is 0.188. The van der Waals surface area contributed by atoms with Crippen molar-refractivity contribution in [2.45, 2.75) is 38.5 Å². The van der Waals surface area contributed by atoms with Crippen molar-refractivity contribution in [1.29, 1.82) is 0 Å². The summed E-state index contributed by atoms with van der Waals surface area (Å²) in [4.78, 5) is 26.0. The largest absolute Gasteiger partial charge is 0.421 e. The van der Waals surface area contributed by atoms with Crippen molar-refractivity contribution in [3.8, 4) is 0 Å². The summed E-state index contributed by atoms with van der Waals surface area (Å²) in [6, 6.07) is 3.26. The fourth-order valence-electron chi connectivity index (χ4n) is 3.03. The number of carbonyl (C=O) groups is 1. The molecule has 3 rings (SSSR count). The predicted octanol–water partition coefficient (Wildman–Crippen LogP) is 2.53. The van der Waals surface area contributed by atoms with Crippen molar-refractivity contribution in [3.05, 3.63) is 51.8 Å². The maximum Gasteiger partial charge on any atom is 0.421 e. The fourth-order valence-corrected chi connectivity index (χ4v) is 3.03. The van der Waals surface area contributed by atoms with Gasteiger partial charge in [-0.2, -0.15) is 13.2 Å². The number of aromatic nitrogens is 2. The van der Waals surface area contributed by atoms with Crippen LogP contribution < -0.4 is 5.56 Å². The third-order valence-electron chi connectivity index (χ3n) is 4.19. The van der Waals surface area contributed by atoms with Crippen LogP contribution in [-0.4, -0.2) is 27.1 Å². The number of nitrogens with zero attached hydrogens (tertiary/aromatic N) is 3. The number of carbonyl (C=O) groups excluding carboxylic acids is 1. The molecular weight excluding hydrogens is 339 g/mol. The highest BCUT2D eigenvalue weighted by atomic mass is 19.4. The van der Waals surface area contributed by atoms with E-state index in [4.69, 9.17) is 4.52 Å². The first kappa shape index (κ1) is 17.2. The summed E-state index contributed by atoms with van der Waals surface area (Å²) < 4.78 is 44.3. The van der Waals surface area contributed by atoms with E-state index in [1.54, 1.807) is 13.0 Å². The van der Waals surface area contributed by atoms with E-state index < -0.39 is 29.8 Å². The number of rotatable bonds is 3. The molecule has 3 heterocycles. The first-order chi connectivity index (χ1) is 11.8. The van der Waals surface area contributed by atoms with E-state index in [-0.39, 0.29) is 6.04 Å².